The molecule has 2 rings (SSSR count). The summed E-state index contributed by atoms with van der Waals surface area (Å²) >= 11 is 12.7. The molecule has 0 spiro atoms. The second kappa shape index (κ2) is 13.3. The number of nitrogens with one attached hydrogen (secondary N) is 1. The third-order valence-corrected chi connectivity index (χ3v) is 7.62. The summed E-state index contributed by atoms with van der Waals surface area (Å²) in [5.41, 5.74) is 2.10. The Hall–Kier alpha value is -2.29. The van der Waals surface area contributed by atoms with Crippen molar-refractivity contribution in [2.75, 3.05) is 23.7 Å². The number of halogens is 2. The monoisotopic (exact) mass is 555 g/mol. The smallest absolute Gasteiger partial charge is 0.242 e. The number of benzene rings is 2. The maximum absolute atomic E-state index is 13.4. The molecule has 0 unspecified atom stereocenters. The first kappa shape index (κ1) is 29.9. The van der Waals surface area contributed by atoms with E-state index < -0.39 is 16.1 Å². The third kappa shape index (κ3) is 8.68. The van der Waals surface area contributed by atoms with Crippen LogP contribution in [0.4, 0.5) is 5.69 Å². The van der Waals surface area contributed by atoms with E-state index >= 15 is 0 Å². The van der Waals surface area contributed by atoms with Crippen LogP contribution in [0.25, 0.3) is 0 Å². The van der Waals surface area contributed by atoms with Crippen LogP contribution >= 0.6 is 23.2 Å². The van der Waals surface area contributed by atoms with Crippen molar-refractivity contribution in [3.8, 4) is 0 Å². The fourth-order valence-corrected chi connectivity index (χ4v) is 5.09. The van der Waals surface area contributed by atoms with Gasteiger partial charge in [0.05, 0.1) is 11.9 Å². The quantitative estimate of drug-likeness (QED) is 0.397. The number of nitrogens with zero attached hydrogens (tertiary/aromatic N) is 2. The van der Waals surface area contributed by atoms with Crippen molar-refractivity contribution in [3.05, 3.63) is 63.6 Å². The number of carbonyl (C=O) groups is 2. The molecule has 0 radical (unpaired) electrons. The molecule has 0 saturated heterocycles. The number of hydrogen-bond donors (Lipinski definition) is 1. The zero-order chi connectivity index (χ0) is 27.0. The number of sulfonamides is 1. The molecule has 2 aromatic carbocycles. The zero-order valence-corrected chi connectivity index (χ0v) is 23.8. The highest BCUT2D eigenvalue weighted by atomic mass is 35.5. The van der Waals surface area contributed by atoms with Crippen LogP contribution in [0.3, 0.4) is 0 Å². The lowest BCUT2D eigenvalue weighted by Crippen LogP contribution is -2.48. The number of carbonyl (C=O) groups excluding carboxylic acids is 2. The standard InChI is InChI=1S/C26H35Cl2N3O4S/c1-18(2)16-29-26(33)20(4)30(17-22-23(27)8-6-9-24(22)28)25(32)10-7-15-31(36(5,34)35)21-13-11-19(3)12-14-21/h6,8-9,11-14,18,20H,7,10,15-17H2,1-5H3,(H,29,33)/t20-/m0/s1. The Labute approximate surface area is 224 Å². The highest BCUT2D eigenvalue weighted by Gasteiger charge is 2.28. The van der Waals surface area contributed by atoms with Gasteiger partial charge in [0, 0.05) is 41.7 Å². The lowest BCUT2D eigenvalue weighted by Gasteiger charge is -2.30. The van der Waals surface area contributed by atoms with Crippen LogP contribution in [0, 0.1) is 12.8 Å². The van der Waals surface area contributed by atoms with E-state index in [1.54, 1.807) is 37.3 Å². The van der Waals surface area contributed by atoms with E-state index in [1.165, 1.54) is 9.21 Å². The Bertz CT molecular complexity index is 1130. The SMILES string of the molecule is Cc1ccc(N(CCCC(=O)N(Cc2c(Cl)cccc2Cl)[C@@H](C)C(=O)NCC(C)C)S(C)(=O)=O)cc1. The molecule has 1 atom stereocenters. The van der Waals surface area contributed by atoms with Crippen LogP contribution < -0.4 is 9.62 Å². The van der Waals surface area contributed by atoms with E-state index in [1.807, 2.05) is 32.9 Å². The highest BCUT2D eigenvalue weighted by Crippen LogP contribution is 2.27. The predicted molar refractivity (Wildman–Crippen MR) is 147 cm³/mol. The Kier molecular flexibility index (Phi) is 11.1. The molecule has 7 nitrogen and oxygen atoms in total. The van der Waals surface area contributed by atoms with Gasteiger partial charge in [0.25, 0.3) is 0 Å². The Balaban J connectivity index is 2.21. The fraction of sp³-hybridized carbons (Fsp3) is 0.462. The topological polar surface area (TPSA) is 86.8 Å². The van der Waals surface area contributed by atoms with Gasteiger partial charge in [0.2, 0.25) is 21.8 Å². The van der Waals surface area contributed by atoms with Crippen molar-refractivity contribution in [2.45, 2.75) is 53.1 Å². The minimum atomic E-state index is -3.54. The minimum absolute atomic E-state index is 0.0434. The molecule has 0 fully saturated rings. The van der Waals surface area contributed by atoms with Crippen molar-refractivity contribution in [1.29, 1.82) is 0 Å². The highest BCUT2D eigenvalue weighted by molar-refractivity contribution is 7.92. The molecule has 2 amide bonds. The van der Waals surface area contributed by atoms with E-state index in [0.29, 0.717) is 27.8 Å². The van der Waals surface area contributed by atoms with Crippen LogP contribution in [0.2, 0.25) is 10.0 Å². The Morgan fingerprint density at radius 2 is 1.58 bits per heavy atom. The summed E-state index contributed by atoms with van der Waals surface area (Å²) in [5.74, 6) is -0.319. The maximum Gasteiger partial charge on any atom is 0.242 e. The minimum Gasteiger partial charge on any atom is -0.354 e. The van der Waals surface area contributed by atoms with Crippen molar-refractivity contribution in [1.82, 2.24) is 10.2 Å². The van der Waals surface area contributed by atoms with Crippen LogP contribution in [-0.2, 0) is 26.2 Å². The van der Waals surface area contributed by atoms with Crippen molar-refractivity contribution >= 4 is 50.7 Å². The van der Waals surface area contributed by atoms with E-state index in [2.05, 4.69) is 5.32 Å². The fourth-order valence-electron chi connectivity index (χ4n) is 3.60. The van der Waals surface area contributed by atoms with Gasteiger partial charge in [-0.05, 0) is 50.5 Å². The summed E-state index contributed by atoms with van der Waals surface area (Å²) in [5, 5.41) is 3.67. The third-order valence-electron chi connectivity index (χ3n) is 5.72. The lowest BCUT2D eigenvalue weighted by atomic mass is 10.1. The van der Waals surface area contributed by atoms with Gasteiger partial charge in [0.15, 0.2) is 0 Å². The van der Waals surface area contributed by atoms with Crippen LogP contribution in [-0.4, -0.2) is 50.5 Å². The average molecular weight is 557 g/mol. The van der Waals surface area contributed by atoms with Gasteiger partial charge >= 0.3 is 0 Å². The van der Waals surface area contributed by atoms with Gasteiger partial charge in [-0.25, -0.2) is 8.42 Å². The van der Waals surface area contributed by atoms with Crippen LogP contribution in [0.1, 0.15) is 44.7 Å². The molecule has 198 valence electrons. The van der Waals surface area contributed by atoms with Gasteiger partial charge < -0.3 is 10.2 Å². The van der Waals surface area contributed by atoms with Crippen LogP contribution in [0.15, 0.2) is 42.5 Å². The molecule has 10 heteroatoms. The molecule has 36 heavy (non-hydrogen) atoms. The van der Waals surface area contributed by atoms with Crippen molar-refractivity contribution < 1.29 is 18.0 Å². The van der Waals surface area contributed by atoms with Crippen molar-refractivity contribution in [3.63, 3.8) is 0 Å². The summed E-state index contributed by atoms with van der Waals surface area (Å²) in [6, 6.07) is 11.5. The average Bonchev–Trinajstić information content (AvgIpc) is 2.79. The van der Waals surface area contributed by atoms with Gasteiger partial charge in [-0.3, -0.25) is 13.9 Å². The van der Waals surface area contributed by atoms with Crippen LogP contribution in [0.5, 0.6) is 0 Å². The molecule has 0 aliphatic carbocycles. The first-order chi connectivity index (χ1) is 16.8. The van der Waals surface area contributed by atoms with Gasteiger partial charge in [-0.15, -0.1) is 0 Å². The van der Waals surface area contributed by atoms with Gasteiger partial charge in [-0.2, -0.15) is 0 Å². The normalized spacial score (nSPS) is 12.3. The molecule has 0 aliphatic heterocycles. The summed E-state index contributed by atoms with van der Waals surface area (Å²) in [4.78, 5) is 27.6. The molecule has 1 N–H and O–H groups in total. The maximum atomic E-state index is 13.4. The first-order valence-electron chi connectivity index (χ1n) is 11.9. The summed E-state index contributed by atoms with van der Waals surface area (Å²) < 4.78 is 26.1. The largest absolute Gasteiger partial charge is 0.354 e. The molecule has 0 saturated carbocycles. The molecule has 0 aliphatic rings. The summed E-state index contributed by atoms with van der Waals surface area (Å²) in [6.45, 7) is 8.22. The number of rotatable bonds is 12. The molecule has 2 aromatic rings. The lowest BCUT2D eigenvalue weighted by molar-refractivity contribution is -0.140. The van der Waals surface area contributed by atoms with E-state index in [9.17, 15) is 18.0 Å². The number of hydrogen-bond acceptors (Lipinski definition) is 4. The second-order valence-corrected chi connectivity index (χ2v) is 12.0. The molecule has 0 aromatic heterocycles. The van der Waals surface area contributed by atoms with Crippen molar-refractivity contribution in [2.24, 2.45) is 5.92 Å². The number of amides is 2. The predicted octanol–water partition coefficient (Wildman–Crippen LogP) is 5.04. The van der Waals surface area contributed by atoms with E-state index in [0.717, 1.165) is 11.8 Å². The molecule has 0 heterocycles. The molecular formula is C26H35Cl2N3O4S. The number of anilines is 1. The zero-order valence-electron chi connectivity index (χ0n) is 21.4. The first-order valence-corrected chi connectivity index (χ1v) is 14.5. The number of aryl methyl sites for hydroxylation is 1. The van der Waals surface area contributed by atoms with E-state index in [-0.39, 0.29) is 43.7 Å². The summed E-state index contributed by atoms with van der Waals surface area (Å²) in [7, 11) is -3.54. The Morgan fingerprint density at radius 1 is 1.00 bits per heavy atom. The summed E-state index contributed by atoms with van der Waals surface area (Å²) in [6.07, 6.45) is 1.45. The molecular weight excluding hydrogens is 521 g/mol. The molecule has 0 bridgehead atoms. The Morgan fingerprint density at radius 3 is 2.11 bits per heavy atom. The van der Waals surface area contributed by atoms with Gasteiger partial charge in [0.1, 0.15) is 6.04 Å². The second-order valence-electron chi connectivity index (χ2n) is 9.31. The van der Waals surface area contributed by atoms with Gasteiger partial charge in [-0.1, -0.05) is 60.8 Å². The van der Waals surface area contributed by atoms with E-state index in [4.69, 9.17) is 23.2 Å².